The maximum atomic E-state index is 11.4. The van der Waals surface area contributed by atoms with Crippen molar-refractivity contribution in [2.45, 2.75) is 11.8 Å². The lowest BCUT2D eigenvalue weighted by Gasteiger charge is -2.06. The summed E-state index contributed by atoms with van der Waals surface area (Å²) in [5.74, 6) is 0. The zero-order valence-electron chi connectivity index (χ0n) is 8.27. The number of fused-ring (bicyclic) bond motifs is 1. The zero-order valence-corrected chi connectivity index (χ0v) is 9.08. The van der Waals surface area contributed by atoms with Gasteiger partial charge in [0.25, 0.3) is 0 Å². The maximum Gasteiger partial charge on any atom is 0.238 e. The van der Waals surface area contributed by atoms with Crippen LogP contribution in [0.5, 0.6) is 0 Å². The highest BCUT2D eigenvalue weighted by atomic mass is 32.2. The molecular weight excluding hydrogens is 210 g/mol. The van der Waals surface area contributed by atoms with Gasteiger partial charge in [-0.2, -0.15) is 0 Å². The Hall–Kier alpha value is -1.39. The van der Waals surface area contributed by atoms with Crippen molar-refractivity contribution in [2.24, 2.45) is 5.14 Å². The molecule has 0 saturated carbocycles. The molecule has 0 amide bonds. The molecule has 0 bridgehead atoms. The fraction of sp³-hybridized carbons (Fsp3) is 0.0909. The summed E-state index contributed by atoms with van der Waals surface area (Å²) in [5.41, 5.74) is 0.914. The van der Waals surface area contributed by atoms with E-state index in [1.165, 1.54) is 6.07 Å². The van der Waals surface area contributed by atoms with E-state index in [-0.39, 0.29) is 4.90 Å². The molecule has 2 aromatic rings. The van der Waals surface area contributed by atoms with Crippen molar-refractivity contribution in [1.29, 1.82) is 0 Å². The molecule has 0 heterocycles. The Bertz CT molecular complexity index is 612. The van der Waals surface area contributed by atoms with E-state index in [2.05, 4.69) is 0 Å². The first-order chi connectivity index (χ1) is 7.00. The summed E-state index contributed by atoms with van der Waals surface area (Å²) in [7, 11) is -3.65. The predicted octanol–water partition coefficient (Wildman–Crippen LogP) is 1.80. The van der Waals surface area contributed by atoms with Crippen LogP contribution in [0.4, 0.5) is 0 Å². The number of sulfonamides is 1. The molecule has 78 valence electrons. The summed E-state index contributed by atoms with van der Waals surface area (Å²) in [6.07, 6.45) is 0. The monoisotopic (exact) mass is 221 g/mol. The van der Waals surface area contributed by atoms with Crippen LogP contribution in [0.1, 0.15) is 5.56 Å². The van der Waals surface area contributed by atoms with Gasteiger partial charge >= 0.3 is 0 Å². The van der Waals surface area contributed by atoms with E-state index in [1.807, 2.05) is 31.2 Å². The lowest BCUT2D eigenvalue weighted by molar-refractivity contribution is 0.598. The van der Waals surface area contributed by atoms with Gasteiger partial charge in [0.2, 0.25) is 10.0 Å². The van der Waals surface area contributed by atoms with Crippen LogP contribution in [-0.4, -0.2) is 8.42 Å². The first-order valence-corrected chi connectivity index (χ1v) is 6.06. The van der Waals surface area contributed by atoms with Gasteiger partial charge in [0.15, 0.2) is 0 Å². The van der Waals surface area contributed by atoms with E-state index >= 15 is 0 Å². The summed E-state index contributed by atoms with van der Waals surface area (Å²) < 4.78 is 22.8. The molecule has 0 aliphatic heterocycles. The second-order valence-corrected chi connectivity index (χ2v) is 5.00. The van der Waals surface area contributed by atoms with Crippen LogP contribution in [0.2, 0.25) is 0 Å². The van der Waals surface area contributed by atoms with Gasteiger partial charge in [-0.3, -0.25) is 0 Å². The molecule has 3 nitrogen and oxygen atoms in total. The van der Waals surface area contributed by atoms with Crippen LogP contribution < -0.4 is 5.14 Å². The quantitative estimate of drug-likeness (QED) is 0.798. The molecule has 0 unspecified atom stereocenters. The van der Waals surface area contributed by atoms with Crippen LogP contribution in [0.15, 0.2) is 41.3 Å². The molecule has 0 aliphatic rings. The second-order valence-electron chi connectivity index (χ2n) is 3.47. The molecule has 2 rings (SSSR count). The molecule has 0 aromatic heterocycles. The van der Waals surface area contributed by atoms with Gasteiger partial charge in [-0.05, 0) is 23.9 Å². The fourth-order valence-corrected chi connectivity index (χ4v) is 2.56. The summed E-state index contributed by atoms with van der Waals surface area (Å²) in [6, 6.07) is 10.7. The van der Waals surface area contributed by atoms with Gasteiger partial charge in [-0.1, -0.05) is 30.3 Å². The van der Waals surface area contributed by atoms with Crippen molar-refractivity contribution in [3.63, 3.8) is 0 Å². The number of primary sulfonamides is 1. The summed E-state index contributed by atoms with van der Waals surface area (Å²) in [6.45, 7) is 1.87. The molecule has 2 N–H and O–H groups in total. The van der Waals surface area contributed by atoms with Crippen molar-refractivity contribution in [3.05, 3.63) is 42.0 Å². The van der Waals surface area contributed by atoms with Crippen molar-refractivity contribution < 1.29 is 8.42 Å². The van der Waals surface area contributed by atoms with E-state index in [1.54, 1.807) is 6.07 Å². The summed E-state index contributed by atoms with van der Waals surface area (Å²) in [4.78, 5) is 0.193. The molecule has 2 aromatic carbocycles. The van der Waals surface area contributed by atoms with Crippen LogP contribution in [-0.2, 0) is 10.0 Å². The molecule has 0 atom stereocenters. The minimum absolute atomic E-state index is 0.193. The molecule has 15 heavy (non-hydrogen) atoms. The number of hydrogen-bond acceptors (Lipinski definition) is 2. The number of rotatable bonds is 1. The van der Waals surface area contributed by atoms with Gasteiger partial charge in [0.05, 0.1) is 4.90 Å². The van der Waals surface area contributed by atoms with Crippen LogP contribution >= 0.6 is 0 Å². The molecule has 0 aliphatic carbocycles. The molecule has 4 heteroatoms. The van der Waals surface area contributed by atoms with Gasteiger partial charge < -0.3 is 0 Å². The molecule has 0 saturated heterocycles. The zero-order chi connectivity index (χ0) is 11.1. The molecular formula is C11H11NO2S. The van der Waals surface area contributed by atoms with Crippen molar-refractivity contribution in [1.82, 2.24) is 0 Å². The Morgan fingerprint density at radius 1 is 1.07 bits per heavy atom. The second kappa shape index (κ2) is 3.32. The lowest BCUT2D eigenvalue weighted by atomic mass is 10.1. The maximum absolute atomic E-state index is 11.4. The summed E-state index contributed by atoms with van der Waals surface area (Å²) in [5, 5.41) is 6.76. The topological polar surface area (TPSA) is 60.2 Å². The van der Waals surface area contributed by atoms with Gasteiger partial charge in [0.1, 0.15) is 0 Å². The number of benzene rings is 2. The van der Waals surface area contributed by atoms with E-state index in [0.717, 1.165) is 10.9 Å². The first-order valence-electron chi connectivity index (χ1n) is 4.51. The Balaban J connectivity index is 2.99. The predicted molar refractivity (Wildman–Crippen MR) is 60.1 cm³/mol. The van der Waals surface area contributed by atoms with Gasteiger partial charge in [-0.15, -0.1) is 0 Å². The third kappa shape index (κ3) is 1.73. The highest BCUT2D eigenvalue weighted by molar-refractivity contribution is 7.89. The van der Waals surface area contributed by atoms with E-state index in [9.17, 15) is 8.42 Å². The van der Waals surface area contributed by atoms with Gasteiger partial charge in [-0.25, -0.2) is 13.6 Å². The van der Waals surface area contributed by atoms with Gasteiger partial charge in [0, 0.05) is 5.39 Å². The van der Waals surface area contributed by atoms with Crippen LogP contribution in [0, 0.1) is 6.92 Å². The van der Waals surface area contributed by atoms with Crippen molar-refractivity contribution in [3.8, 4) is 0 Å². The standard InChI is InChI=1S/C11H11NO2S/c1-8-4-2-5-9-6-3-7-10(11(8)9)15(12,13)14/h2-7H,1H3,(H2,12,13,14). The fourth-order valence-electron chi connectivity index (χ4n) is 1.73. The third-order valence-electron chi connectivity index (χ3n) is 2.38. The van der Waals surface area contributed by atoms with Crippen molar-refractivity contribution >= 4 is 20.8 Å². The first kappa shape index (κ1) is 10.1. The number of hydrogen-bond donors (Lipinski definition) is 1. The lowest BCUT2D eigenvalue weighted by Crippen LogP contribution is -2.12. The summed E-state index contributed by atoms with van der Waals surface area (Å²) >= 11 is 0. The molecule has 0 fully saturated rings. The minimum Gasteiger partial charge on any atom is -0.225 e. The Morgan fingerprint density at radius 2 is 1.67 bits per heavy atom. The Kier molecular flexibility index (Phi) is 2.25. The number of nitrogens with two attached hydrogens (primary N) is 1. The van der Waals surface area contributed by atoms with Crippen molar-refractivity contribution in [2.75, 3.05) is 0 Å². The molecule has 0 radical (unpaired) electrons. The Morgan fingerprint density at radius 3 is 2.27 bits per heavy atom. The third-order valence-corrected chi connectivity index (χ3v) is 3.33. The average Bonchev–Trinajstić information content (AvgIpc) is 2.16. The SMILES string of the molecule is Cc1cccc2cccc(S(N)(=O)=O)c12. The van der Waals surface area contributed by atoms with Crippen LogP contribution in [0.25, 0.3) is 10.8 Å². The smallest absolute Gasteiger partial charge is 0.225 e. The Labute approximate surface area is 88.6 Å². The number of aryl methyl sites for hydroxylation is 1. The molecule has 0 spiro atoms. The van der Waals surface area contributed by atoms with E-state index in [4.69, 9.17) is 5.14 Å². The average molecular weight is 221 g/mol. The van der Waals surface area contributed by atoms with E-state index in [0.29, 0.717) is 5.39 Å². The normalized spacial score (nSPS) is 11.9. The van der Waals surface area contributed by atoms with Crippen LogP contribution in [0.3, 0.4) is 0 Å². The highest BCUT2D eigenvalue weighted by Gasteiger charge is 2.12. The minimum atomic E-state index is -3.65. The highest BCUT2D eigenvalue weighted by Crippen LogP contribution is 2.24. The largest absolute Gasteiger partial charge is 0.238 e. The van der Waals surface area contributed by atoms with E-state index < -0.39 is 10.0 Å².